The summed E-state index contributed by atoms with van der Waals surface area (Å²) in [5.41, 5.74) is 5.46. The molecule has 1 aliphatic rings. The number of carbonyl (C=O) groups is 1. The van der Waals surface area contributed by atoms with Gasteiger partial charge in [0.15, 0.2) is 0 Å². The Kier molecular flexibility index (Phi) is 3.53. The Balaban J connectivity index is 2.30. The number of nitrogens with two attached hydrogens (primary N) is 1. The number of rotatable bonds is 3. The Labute approximate surface area is 73.9 Å². The first-order valence-electron chi connectivity index (χ1n) is 4.69. The van der Waals surface area contributed by atoms with Gasteiger partial charge in [0.25, 0.3) is 0 Å². The van der Waals surface area contributed by atoms with Crippen LogP contribution in [0, 0.1) is 5.92 Å². The van der Waals surface area contributed by atoms with E-state index in [0.717, 1.165) is 6.54 Å². The first kappa shape index (κ1) is 9.52. The lowest BCUT2D eigenvalue weighted by Gasteiger charge is -2.22. The quantitative estimate of drug-likeness (QED) is 0.641. The zero-order valence-electron chi connectivity index (χ0n) is 7.75. The van der Waals surface area contributed by atoms with Gasteiger partial charge in [-0.25, -0.2) is 0 Å². The molecule has 0 unspecified atom stereocenters. The van der Waals surface area contributed by atoms with Gasteiger partial charge < -0.3 is 10.6 Å². The van der Waals surface area contributed by atoms with Gasteiger partial charge in [-0.3, -0.25) is 4.79 Å². The topological polar surface area (TPSA) is 46.3 Å². The highest BCUT2D eigenvalue weighted by atomic mass is 16.2. The summed E-state index contributed by atoms with van der Waals surface area (Å²) in [7, 11) is 0. The number of nitrogens with zero attached hydrogens (tertiary/aromatic N) is 1. The smallest absolute Gasteiger partial charge is 0.220 e. The van der Waals surface area contributed by atoms with Gasteiger partial charge in [0.2, 0.25) is 5.91 Å². The second kappa shape index (κ2) is 4.45. The van der Waals surface area contributed by atoms with Crippen molar-refractivity contribution in [1.82, 2.24) is 4.90 Å². The lowest BCUT2D eigenvalue weighted by atomic mass is 10.1. The summed E-state index contributed by atoms with van der Waals surface area (Å²) in [4.78, 5) is 12.7. The molecule has 1 rings (SSSR count). The van der Waals surface area contributed by atoms with Crippen LogP contribution in [0.3, 0.4) is 0 Å². The van der Waals surface area contributed by atoms with E-state index in [0.29, 0.717) is 12.6 Å². The first-order chi connectivity index (χ1) is 5.74. The number of amides is 1. The lowest BCUT2D eigenvalue weighted by molar-refractivity contribution is -0.129. The van der Waals surface area contributed by atoms with E-state index in [1.54, 1.807) is 11.8 Å². The maximum absolute atomic E-state index is 11.0. The second-order valence-corrected chi connectivity index (χ2v) is 3.57. The second-order valence-electron chi connectivity index (χ2n) is 3.57. The van der Waals surface area contributed by atoms with Crippen molar-refractivity contribution in [1.29, 1.82) is 0 Å². The Morgan fingerprint density at radius 2 is 2.08 bits per heavy atom. The molecule has 1 aliphatic carbocycles. The highest BCUT2D eigenvalue weighted by molar-refractivity contribution is 5.73. The number of hydrogen-bond acceptors (Lipinski definition) is 2. The lowest BCUT2D eigenvalue weighted by Crippen LogP contribution is -2.37. The summed E-state index contributed by atoms with van der Waals surface area (Å²) in [6.45, 7) is 2.82. The monoisotopic (exact) mass is 170 g/mol. The molecule has 0 saturated heterocycles. The van der Waals surface area contributed by atoms with E-state index in [2.05, 4.69) is 0 Å². The first-order valence-corrected chi connectivity index (χ1v) is 4.69. The van der Waals surface area contributed by atoms with E-state index in [4.69, 9.17) is 5.73 Å². The van der Waals surface area contributed by atoms with Gasteiger partial charge >= 0.3 is 0 Å². The van der Waals surface area contributed by atoms with Gasteiger partial charge in [0, 0.05) is 13.5 Å². The molecule has 0 spiro atoms. The fourth-order valence-electron chi connectivity index (χ4n) is 1.84. The summed E-state index contributed by atoms with van der Waals surface area (Å²) < 4.78 is 0. The van der Waals surface area contributed by atoms with Crippen LogP contribution in [0.1, 0.15) is 32.6 Å². The van der Waals surface area contributed by atoms with Gasteiger partial charge in [-0.05, 0) is 18.8 Å². The maximum Gasteiger partial charge on any atom is 0.220 e. The molecule has 0 aliphatic heterocycles. The molecular formula is C9H18N2O. The van der Waals surface area contributed by atoms with Gasteiger partial charge in [-0.15, -0.1) is 0 Å². The van der Waals surface area contributed by atoms with Crippen molar-refractivity contribution in [2.24, 2.45) is 11.7 Å². The highest BCUT2D eigenvalue weighted by Crippen LogP contribution is 2.25. The summed E-state index contributed by atoms with van der Waals surface area (Å²) in [5.74, 6) is 0.807. The van der Waals surface area contributed by atoms with Crippen LogP contribution in [0.2, 0.25) is 0 Å². The minimum absolute atomic E-state index is 0.101. The fraction of sp³-hybridized carbons (Fsp3) is 0.889. The van der Waals surface area contributed by atoms with Crippen molar-refractivity contribution in [3.05, 3.63) is 0 Å². The van der Waals surface area contributed by atoms with Crippen LogP contribution in [0.15, 0.2) is 0 Å². The van der Waals surface area contributed by atoms with Crippen LogP contribution in [0.25, 0.3) is 0 Å². The summed E-state index contributed by atoms with van der Waals surface area (Å²) in [5, 5.41) is 0. The zero-order chi connectivity index (χ0) is 8.97. The predicted molar refractivity (Wildman–Crippen MR) is 48.4 cm³/mol. The maximum atomic E-state index is 11.0. The number of hydrogen-bond donors (Lipinski definition) is 1. The van der Waals surface area contributed by atoms with Crippen LogP contribution in [0.5, 0.6) is 0 Å². The summed E-state index contributed by atoms with van der Waals surface area (Å²) >= 11 is 0. The fourth-order valence-corrected chi connectivity index (χ4v) is 1.84. The Morgan fingerprint density at radius 3 is 2.50 bits per heavy atom. The number of carbonyl (C=O) groups excluding carboxylic acids is 1. The molecule has 0 aromatic rings. The molecule has 1 fully saturated rings. The zero-order valence-corrected chi connectivity index (χ0v) is 7.75. The van der Waals surface area contributed by atoms with Crippen LogP contribution in [-0.2, 0) is 4.79 Å². The third kappa shape index (κ3) is 2.48. The largest absolute Gasteiger partial charge is 0.330 e. The molecule has 0 bridgehead atoms. The van der Waals surface area contributed by atoms with E-state index in [9.17, 15) is 4.79 Å². The molecule has 3 nitrogen and oxygen atoms in total. The molecule has 0 aromatic carbocycles. The van der Waals surface area contributed by atoms with Gasteiger partial charge in [-0.1, -0.05) is 12.8 Å². The molecule has 0 aromatic heterocycles. The Bertz CT molecular complexity index is 153. The molecule has 0 radical (unpaired) electrons. The predicted octanol–water partition coefficient (Wildman–Crippen LogP) is 0.941. The van der Waals surface area contributed by atoms with E-state index in [1.807, 2.05) is 0 Å². The van der Waals surface area contributed by atoms with Crippen molar-refractivity contribution >= 4 is 5.91 Å². The normalized spacial score (nSPS) is 18.2. The van der Waals surface area contributed by atoms with E-state index in [1.165, 1.54) is 25.7 Å². The van der Waals surface area contributed by atoms with Gasteiger partial charge in [0.05, 0.1) is 6.67 Å². The average molecular weight is 170 g/mol. The molecule has 0 atom stereocenters. The SMILES string of the molecule is CC(=O)N(CN)CC1CCCC1. The third-order valence-electron chi connectivity index (χ3n) is 2.62. The minimum Gasteiger partial charge on any atom is -0.330 e. The van der Waals surface area contributed by atoms with Crippen LogP contribution >= 0.6 is 0 Å². The van der Waals surface area contributed by atoms with Gasteiger partial charge in [-0.2, -0.15) is 0 Å². The minimum atomic E-state index is 0.101. The van der Waals surface area contributed by atoms with Crippen molar-refractivity contribution in [2.75, 3.05) is 13.2 Å². The van der Waals surface area contributed by atoms with Crippen molar-refractivity contribution < 1.29 is 4.79 Å². The molecule has 2 N–H and O–H groups in total. The van der Waals surface area contributed by atoms with Crippen LogP contribution in [-0.4, -0.2) is 24.0 Å². The molecular weight excluding hydrogens is 152 g/mol. The average Bonchev–Trinajstić information content (AvgIpc) is 2.51. The summed E-state index contributed by atoms with van der Waals surface area (Å²) in [6, 6.07) is 0. The van der Waals surface area contributed by atoms with Crippen LogP contribution < -0.4 is 5.73 Å². The molecule has 70 valence electrons. The molecule has 12 heavy (non-hydrogen) atoms. The van der Waals surface area contributed by atoms with E-state index in [-0.39, 0.29) is 5.91 Å². The standard InChI is InChI=1S/C9H18N2O/c1-8(12)11(7-10)6-9-4-2-3-5-9/h9H,2-7,10H2,1H3. The third-order valence-corrected chi connectivity index (χ3v) is 2.62. The van der Waals surface area contributed by atoms with E-state index < -0.39 is 0 Å². The van der Waals surface area contributed by atoms with Crippen molar-refractivity contribution in [2.45, 2.75) is 32.6 Å². The van der Waals surface area contributed by atoms with E-state index >= 15 is 0 Å². The molecule has 1 amide bonds. The molecule has 0 heterocycles. The summed E-state index contributed by atoms with van der Waals surface area (Å²) in [6.07, 6.45) is 5.18. The highest BCUT2D eigenvalue weighted by Gasteiger charge is 2.18. The molecule has 3 heteroatoms. The van der Waals surface area contributed by atoms with Crippen LogP contribution in [0.4, 0.5) is 0 Å². The van der Waals surface area contributed by atoms with Crippen molar-refractivity contribution in [3.8, 4) is 0 Å². The van der Waals surface area contributed by atoms with Gasteiger partial charge in [0.1, 0.15) is 0 Å². The Hall–Kier alpha value is -0.570. The Morgan fingerprint density at radius 1 is 1.50 bits per heavy atom. The van der Waals surface area contributed by atoms with Crippen molar-refractivity contribution in [3.63, 3.8) is 0 Å². The molecule has 1 saturated carbocycles.